The highest BCUT2D eigenvalue weighted by molar-refractivity contribution is 6.05. The van der Waals surface area contributed by atoms with E-state index in [0.717, 1.165) is 48.8 Å². The Morgan fingerprint density at radius 3 is 2.27 bits per heavy atom. The first-order valence-electron chi connectivity index (χ1n) is 14.0. The molecule has 9 heteroatoms. The maximum absolute atomic E-state index is 13.2. The molecule has 41 heavy (non-hydrogen) atoms. The molecule has 2 saturated heterocycles. The summed E-state index contributed by atoms with van der Waals surface area (Å²) in [5.74, 6) is 0.866. The normalized spacial score (nSPS) is 16.2. The lowest BCUT2D eigenvalue weighted by atomic mass is 9.90. The molecule has 0 saturated carbocycles. The first kappa shape index (κ1) is 28.0. The zero-order chi connectivity index (χ0) is 28.9. The van der Waals surface area contributed by atoms with Gasteiger partial charge >= 0.3 is 0 Å². The number of piperazine rings is 1. The highest BCUT2D eigenvalue weighted by atomic mass is 16.2. The number of aryl methyl sites for hydroxylation is 1. The van der Waals surface area contributed by atoms with Gasteiger partial charge in [-0.1, -0.05) is 30.3 Å². The Bertz CT molecular complexity index is 1440. The van der Waals surface area contributed by atoms with E-state index in [2.05, 4.69) is 44.6 Å². The van der Waals surface area contributed by atoms with E-state index in [9.17, 15) is 9.59 Å². The van der Waals surface area contributed by atoms with Crippen LogP contribution in [0.5, 0.6) is 0 Å². The van der Waals surface area contributed by atoms with Gasteiger partial charge in [0, 0.05) is 81.6 Å². The van der Waals surface area contributed by atoms with Crippen molar-refractivity contribution >= 4 is 35.2 Å². The number of aromatic nitrogens is 1. The molecule has 2 aliphatic heterocycles. The summed E-state index contributed by atoms with van der Waals surface area (Å²) in [5, 5.41) is 13.4. The number of nitrogens with one attached hydrogen (secondary N) is 3. The molecule has 212 valence electrons. The van der Waals surface area contributed by atoms with Crippen LogP contribution in [0, 0.1) is 12.3 Å². The number of carbonyl (C=O) groups is 2. The van der Waals surface area contributed by atoms with Crippen LogP contribution in [-0.4, -0.2) is 86.2 Å². The van der Waals surface area contributed by atoms with Crippen LogP contribution in [0.3, 0.4) is 0 Å². The van der Waals surface area contributed by atoms with Crippen molar-refractivity contribution in [3.63, 3.8) is 0 Å². The van der Waals surface area contributed by atoms with Gasteiger partial charge in [0.25, 0.3) is 11.8 Å². The molecule has 1 aromatic heterocycles. The lowest BCUT2D eigenvalue weighted by Gasteiger charge is -2.39. The van der Waals surface area contributed by atoms with E-state index in [4.69, 9.17) is 5.41 Å². The Morgan fingerprint density at radius 2 is 1.63 bits per heavy atom. The molecule has 3 N–H and O–H groups in total. The molecule has 0 spiro atoms. The van der Waals surface area contributed by atoms with Crippen LogP contribution in [0.15, 0.2) is 66.9 Å². The maximum Gasteiger partial charge on any atom is 0.257 e. The Hall–Kier alpha value is -4.50. The van der Waals surface area contributed by atoms with E-state index in [1.807, 2.05) is 49.2 Å². The summed E-state index contributed by atoms with van der Waals surface area (Å²) in [6, 6.07) is 17.4. The number of amides is 2. The molecule has 0 bridgehead atoms. The monoisotopic (exact) mass is 551 g/mol. The minimum atomic E-state index is -0.250. The van der Waals surface area contributed by atoms with Crippen LogP contribution in [-0.2, 0) is 0 Å². The molecule has 2 amide bonds. The fourth-order valence-electron chi connectivity index (χ4n) is 5.21. The van der Waals surface area contributed by atoms with Crippen molar-refractivity contribution in [2.45, 2.75) is 12.8 Å². The second kappa shape index (κ2) is 12.3. The number of hydrogen-bond donors (Lipinski definition) is 3. The predicted octanol–water partition coefficient (Wildman–Crippen LogP) is 3.84. The second-order valence-electron chi connectivity index (χ2n) is 10.7. The van der Waals surface area contributed by atoms with E-state index < -0.39 is 0 Å². The average Bonchev–Trinajstić information content (AvgIpc) is 2.97. The molecule has 0 atom stereocenters. The minimum Gasteiger partial charge on any atom is -0.388 e. The Kier molecular flexibility index (Phi) is 8.45. The van der Waals surface area contributed by atoms with Crippen LogP contribution in [0.1, 0.15) is 43.3 Å². The molecular formula is C32H37N7O2. The molecule has 2 aliphatic rings. The number of benzene rings is 2. The fraction of sp³-hybridized carbons (Fsp3) is 0.312. The molecular weight excluding hydrogens is 514 g/mol. The van der Waals surface area contributed by atoms with E-state index in [1.165, 1.54) is 11.8 Å². The number of anilines is 2. The van der Waals surface area contributed by atoms with Gasteiger partial charge in [-0.3, -0.25) is 9.59 Å². The lowest BCUT2D eigenvalue weighted by molar-refractivity contribution is 0.0602. The zero-order valence-electron chi connectivity index (χ0n) is 23.9. The van der Waals surface area contributed by atoms with Crippen LogP contribution in [0.2, 0.25) is 0 Å². The first-order chi connectivity index (χ1) is 19.9. The topological polar surface area (TPSA) is 105 Å². The standard InChI is InChI=1S/C32H37N7O2/c1-22-4-5-25(32(41)39-20-27(21-39)23-6-8-24(9-7-23)28(34-2)12-13-33)18-29(22)36-31(40)26-10-11-30(35-19-26)38-16-14-37(3)15-17-38/h4-13,18-19,27,33-34H,14-17,20-21H2,1-3H3,(H,36,40)/b28-12-,33-13?. The fourth-order valence-corrected chi connectivity index (χ4v) is 5.21. The molecule has 0 unspecified atom stereocenters. The first-order valence-corrected chi connectivity index (χ1v) is 14.0. The third-order valence-corrected chi connectivity index (χ3v) is 7.95. The van der Waals surface area contributed by atoms with Crippen molar-refractivity contribution in [2.75, 3.05) is 63.6 Å². The number of likely N-dealkylation sites (N-methyl/N-ethyl adjacent to an activating group) is 1. The summed E-state index contributed by atoms with van der Waals surface area (Å²) in [4.78, 5) is 37.1. The quantitative estimate of drug-likeness (QED) is 0.368. The number of hydrogen-bond acceptors (Lipinski definition) is 7. The van der Waals surface area contributed by atoms with E-state index in [0.29, 0.717) is 29.9 Å². The Morgan fingerprint density at radius 1 is 0.951 bits per heavy atom. The molecule has 5 rings (SSSR count). The van der Waals surface area contributed by atoms with Gasteiger partial charge in [0.05, 0.1) is 5.56 Å². The molecule has 2 aromatic carbocycles. The summed E-state index contributed by atoms with van der Waals surface area (Å²) in [7, 11) is 3.95. The van der Waals surface area contributed by atoms with Crippen LogP contribution in [0.4, 0.5) is 11.5 Å². The van der Waals surface area contributed by atoms with E-state index >= 15 is 0 Å². The average molecular weight is 552 g/mol. The molecule has 0 aliphatic carbocycles. The molecule has 0 radical (unpaired) electrons. The third-order valence-electron chi connectivity index (χ3n) is 7.95. The SMILES string of the molecule is CN/C(=C\C=N)c1ccc(C2CN(C(=O)c3ccc(C)c(NC(=O)c4ccc(N5CCN(C)CC5)nc4)c3)C2)cc1. The molecule has 2 fully saturated rings. The van der Waals surface area contributed by atoms with Crippen LogP contribution < -0.4 is 15.5 Å². The van der Waals surface area contributed by atoms with Crippen LogP contribution in [0.25, 0.3) is 5.70 Å². The summed E-state index contributed by atoms with van der Waals surface area (Å²) >= 11 is 0. The number of likely N-dealkylation sites (tertiary alicyclic amines) is 1. The van der Waals surface area contributed by atoms with Gasteiger partial charge in [-0.05, 0) is 61.0 Å². The van der Waals surface area contributed by atoms with Crippen molar-refractivity contribution < 1.29 is 9.59 Å². The number of nitrogens with zero attached hydrogens (tertiary/aromatic N) is 4. The Labute approximate surface area is 241 Å². The van der Waals surface area contributed by atoms with Gasteiger partial charge in [-0.25, -0.2) is 4.98 Å². The Balaban J connectivity index is 1.19. The largest absolute Gasteiger partial charge is 0.388 e. The second-order valence-corrected chi connectivity index (χ2v) is 10.7. The highest BCUT2D eigenvalue weighted by Crippen LogP contribution is 2.30. The van der Waals surface area contributed by atoms with E-state index in [1.54, 1.807) is 24.4 Å². The number of carbonyl (C=O) groups excluding carboxylic acids is 2. The summed E-state index contributed by atoms with van der Waals surface area (Å²) in [5.41, 5.74) is 5.63. The minimum absolute atomic E-state index is 0.0436. The van der Waals surface area contributed by atoms with Gasteiger partial charge in [0.1, 0.15) is 5.82 Å². The van der Waals surface area contributed by atoms with Crippen molar-refractivity contribution in [2.24, 2.45) is 0 Å². The molecule has 3 aromatic rings. The van der Waals surface area contributed by atoms with Gasteiger partial charge in [0.2, 0.25) is 0 Å². The van der Waals surface area contributed by atoms with Gasteiger partial charge in [-0.15, -0.1) is 0 Å². The summed E-state index contributed by atoms with van der Waals surface area (Å²) in [6.45, 7) is 7.03. The zero-order valence-corrected chi connectivity index (χ0v) is 23.9. The summed E-state index contributed by atoms with van der Waals surface area (Å²) in [6.07, 6.45) is 4.60. The lowest BCUT2D eigenvalue weighted by Crippen LogP contribution is -2.48. The molecule has 3 heterocycles. The predicted molar refractivity (Wildman–Crippen MR) is 164 cm³/mol. The van der Waals surface area contributed by atoms with Crippen molar-refractivity contribution in [1.82, 2.24) is 20.1 Å². The third kappa shape index (κ3) is 6.30. The number of rotatable bonds is 8. The van der Waals surface area contributed by atoms with E-state index in [-0.39, 0.29) is 17.7 Å². The van der Waals surface area contributed by atoms with Crippen molar-refractivity contribution in [3.8, 4) is 0 Å². The highest BCUT2D eigenvalue weighted by Gasteiger charge is 2.32. The number of pyridine rings is 1. The van der Waals surface area contributed by atoms with Crippen LogP contribution >= 0.6 is 0 Å². The van der Waals surface area contributed by atoms with Crippen molar-refractivity contribution in [3.05, 3.63) is 94.7 Å². The number of allylic oxidation sites excluding steroid dienone is 1. The van der Waals surface area contributed by atoms with Crippen molar-refractivity contribution in [1.29, 1.82) is 5.41 Å². The van der Waals surface area contributed by atoms with Gasteiger partial charge in [-0.2, -0.15) is 0 Å². The van der Waals surface area contributed by atoms with Gasteiger partial charge < -0.3 is 30.7 Å². The van der Waals surface area contributed by atoms with Gasteiger partial charge in [0.15, 0.2) is 0 Å². The molecule has 9 nitrogen and oxygen atoms in total. The summed E-state index contributed by atoms with van der Waals surface area (Å²) < 4.78 is 0. The maximum atomic E-state index is 13.2. The smallest absolute Gasteiger partial charge is 0.257 e.